The van der Waals surface area contributed by atoms with E-state index in [-0.39, 0.29) is 30.5 Å². The van der Waals surface area contributed by atoms with Crippen molar-refractivity contribution < 1.29 is 19.7 Å². The molecule has 1 heterocycles. The molecule has 0 radical (unpaired) electrons. The minimum absolute atomic E-state index is 0.122. The molecule has 0 saturated carbocycles. The van der Waals surface area contributed by atoms with Gasteiger partial charge in [0.15, 0.2) is 0 Å². The highest BCUT2D eigenvalue weighted by molar-refractivity contribution is 5.70. The fourth-order valence-electron chi connectivity index (χ4n) is 4.53. The van der Waals surface area contributed by atoms with Gasteiger partial charge in [0.05, 0.1) is 18.6 Å². The van der Waals surface area contributed by atoms with Crippen LogP contribution in [0.3, 0.4) is 0 Å². The van der Waals surface area contributed by atoms with Crippen LogP contribution in [0.2, 0.25) is 0 Å². The van der Waals surface area contributed by atoms with Gasteiger partial charge in [-0.2, -0.15) is 0 Å². The average molecular weight is 320 g/mol. The lowest BCUT2D eigenvalue weighted by Crippen LogP contribution is -2.38. The van der Waals surface area contributed by atoms with Crippen molar-refractivity contribution in [1.82, 2.24) is 0 Å². The quantitative estimate of drug-likeness (QED) is 0.785. The van der Waals surface area contributed by atoms with E-state index in [4.69, 9.17) is 4.74 Å². The van der Waals surface area contributed by atoms with Crippen LogP contribution in [-0.4, -0.2) is 34.5 Å². The molecule has 4 heteroatoms. The first-order valence-corrected chi connectivity index (χ1v) is 8.89. The van der Waals surface area contributed by atoms with E-state index in [1.165, 1.54) is 5.57 Å². The second-order valence-electron chi connectivity index (χ2n) is 7.64. The molecule has 0 aromatic rings. The van der Waals surface area contributed by atoms with Crippen LogP contribution < -0.4 is 0 Å². The highest BCUT2D eigenvalue weighted by Gasteiger charge is 2.38. The summed E-state index contributed by atoms with van der Waals surface area (Å²) < 4.78 is 5.34. The van der Waals surface area contributed by atoms with E-state index in [0.717, 1.165) is 19.3 Å². The molecule has 128 valence electrons. The molecule has 6 unspecified atom stereocenters. The van der Waals surface area contributed by atoms with Gasteiger partial charge >= 0.3 is 5.97 Å². The number of carbonyl (C=O) groups is 1. The lowest BCUT2D eigenvalue weighted by atomic mass is 9.66. The molecule has 2 N–H and O–H groups in total. The van der Waals surface area contributed by atoms with E-state index in [0.29, 0.717) is 24.2 Å². The van der Waals surface area contributed by atoms with Crippen LogP contribution in [0.4, 0.5) is 0 Å². The molecule has 1 saturated heterocycles. The largest absolute Gasteiger partial charge is 0.462 e. The predicted octanol–water partition coefficient (Wildman–Crippen LogP) is 2.60. The monoisotopic (exact) mass is 320 g/mol. The summed E-state index contributed by atoms with van der Waals surface area (Å²) in [6.45, 7) is 4.37. The third kappa shape index (κ3) is 3.69. The maximum absolute atomic E-state index is 11.4. The molecule has 0 amide bonds. The number of carbonyl (C=O) groups excluding carboxylic acids is 1. The van der Waals surface area contributed by atoms with Crippen molar-refractivity contribution in [3.8, 4) is 0 Å². The summed E-state index contributed by atoms with van der Waals surface area (Å²) in [6.07, 6.45) is 8.94. The maximum Gasteiger partial charge on any atom is 0.308 e. The number of hydrogen-bond acceptors (Lipinski definition) is 4. The number of esters is 1. The smallest absolute Gasteiger partial charge is 0.308 e. The van der Waals surface area contributed by atoms with Crippen LogP contribution in [0.25, 0.3) is 0 Å². The minimum atomic E-state index is -0.559. The third-order valence-electron chi connectivity index (χ3n) is 5.72. The number of aliphatic hydroxyl groups is 2. The Bertz CT molecular complexity index is 509. The second kappa shape index (κ2) is 6.78. The Kier molecular flexibility index (Phi) is 4.93. The minimum Gasteiger partial charge on any atom is -0.462 e. The molecule has 0 bridgehead atoms. The van der Waals surface area contributed by atoms with Crippen molar-refractivity contribution in [3.05, 3.63) is 23.8 Å². The lowest BCUT2D eigenvalue weighted by molar-refractivity contribution is -0.160. The van der Waals surface area contributed by atoms with Crippen LogP contribution >= 0.6 is 0 Å². The molecule has 0 spiro atoms. The SMILES string of the molecule is CC1C=C2C=CC(CCC3CC(O)CC(=O)O3)C(C)[C@H]2C(O)C1. The third-order valence-corrected chi connectivity index (χ3v) is 5.72. The van der Waals surface area contributed by atoms with Gasteiger partial charge in [0.1, 0.15) is 6.10 Å². The highest BCUT2D eigenvalue weighted by atomic mass is 16.5. The molecule has 2 aliphatic carbocycles. The molecular weight excluding hydrogens is 292 g/mol. The molecular formula is C19H28O4. The first kappa shape index (κ1) is 16.7. The van der Waals surface area contributed by atoms with Gasteiger partial charge in [-0.15, -0.1) is 0 Å². The van der Waals surface area contributed by atoms with E-state index in [1.807, 2.05) is 0 Å². The molecule has 7 atom stereocenters. The Morgan fingerprint density at radius 1 is 1.22 bits per heavy atom. The van der Waals surface area contributed by atoms with Crippen molar-refractivity contribution >= 4 is 5.97 Å². The zero-order chi connectivity index (χ0) is 16.6. The molecule has 1 fully saturated rings. The van der Waals surface area contributed by atoms with E-state index < -0.39 is 6.10 Å². The van der Waals surface area contributed by atoms with Crippen molar-refractivity contribution in [2.75, 3.05) is 0 Å². The van der Waals surface area contributed by atoms with Gasteiger partial charge in [0, 0.05) is 12.3 Å². The van der Waals surface area contributed by atoms with E-state index >= 15 is 0 Å². The molecule has 23 heavy (non-hydrogen) atoms. The Labute approximate surface area is 138 Å². The molecule has 4 nitrogen and oxygen atoms in total. The predicted molar refractivity (Wildman–Crippen MR) is 87.5 cm³/mol. The van der Waals surface area contributed by atoms with Gasteiger partial charge in [-0.05, 0) is 42.6 Å². The van der Waals surface area contributed by atoms with Gasteiger partial charge in [0.25, 0.3) is 0 Å². The van der Waals surface area contributed by atoms with Gasteiger partial charge in [-0.25, -0.2) is 0 Å². The van der Waals surface area contributed by atoms with E-state index in [2.05, 4.69) is 32.1 Å². The normalized spacial score (nSPS) is 43.6. The number of hydrogen-bond donors (Lipinski definition) is 2. The summed E-state index contributed by atoms with van der Waals surface area (Å²) in [4.78, 5) is 11.4. The van der Waals surface area contributed by atoms with Crippen LogP contribution in [0.15, 0.2) is 23.8 Å². The highest BCUT2D eigenvalue weighted by Crippen LogP contribution is 2.43. The molecule has 3 aliphatic rings. The summed E-state index contributed by atoms with van der Waals surface area (Å²) >= 11 is 0. The van der Waals surface area contributed by atoms with Gasteiger partial charge in [0.2, 0.25) is 0 Å². The van der Waals surface area contributed by atoms with Gasteiger partial charge < -0.3 is 14.9 Å². The van der Waals surface area contributed by atoms with E-state index in [1.54, 1.807) is 0 Å². The fraction of sp³-hybridized carbons (Fsp3) is 0.737. The van der Waals surface area contributed by atoms with Crippen molar-refractivity contribution in [3.63, 3.8) is 0 Å². The summed E-state index contributed by atoms with van der Waals surface area (Å²) in [6, 6.07) is 0. The molecule has 0 aromatic carbocycles. The molecule has 0 aromatic heterocycles. The summed E-state index contributed by atoms with van der Waals surface area (Å²) in [5, 5.41) is 20.2. The Morgan fingerprint density at radius 2 is 2.00 bits per heavy atom. The van der Waals surface area contributed by atoms with Crippen molar-refractivity contribution in [2.45, 2.75) is 64.3 Å². The number of aliphatic hydroxyl groups excluding tert-OH is 2. The summed E-state index contributed by atoms with van der Waals surface area (Å²) in [7, 11) is 0. The molecule has 3 rings (SSSR count). The average Bonchev–Trinajstić information content (AvgIpc) is 2.44. The second-order valence-corrected chi connectivity index (χ2v) is 7.64. The zero-order valence-electron chi connectivity index (χ0n) is 14.0. The van der Waals surface area contributed by atoms with Crippen LogP contribution in [0, 0.1) is 23.7 Å². The Hall–Kier alpha value is -1.13. The number of ether oxygens (including phenoxy) is 1. The van der Waals surface area contributed by atoms with E-state index in [9.17, 15) is 15.0 Å². The Morgan fingerprint density at radius 3 is 2.74 bits per heavy atom. The zero-order valence-corrected chi connectivity index (χ0v) is 14.0. The fourth-order valence-corrected chi connectivity index (χ4v) is 4.53. The molecule has 1 aliphatic heterocycles. The number of rotatable bonds is 3. The van der Waals surface area contributed by atoms with Gasteiger partial charge in [-0.1, -0.05) is 32.1 Å². The Balaban J connectivity index is 1.62. The first-order chi connectivity index (χ1) is 10.9. The summed E-state index contributed by atoms with van der Waals surface area (Å²) in [5.41, 5.74) is 1.28. The van der Waals surface area contributed by atoms with Gasteiger partial charge in [-0.3, -0.25) is 4.79 Å². The summed E-state index contributed by atoms with van der Waals surface area (Å²) in [5.74, 6) is 1.15. The number of fused-ring (bicyclic) bond motifs is 1. The standard InChI is InChI=1S/C19H28O4/c1-11-7-14-4-3-13(12(2)19(14)17(21)8-11)5-6-16-9-15(20)10-18(22)23-16/h3-4,7,11-13,15-17,19-21H,5-6,8-10H2,1-2H3/t11?,12?,13?,15?,16?,17?,19-/m1/s1. The van der Waals surface area contributed by atoms with Crippen LogP contribution in [-0.2, 0) is 9.53 Å². The van der Waals surface area contributed by atoms with Crippen molar-refractivity contribution in [1.29, 1.82) is 0 Å². The van der Waals surface area contributed by atoms with Crippen molar-refractivity contribution in [2.24, 2.45) is 23.7 Å². The number of allylic oxidation sites excluding steroid dienone is 3. The maximum atomic E-state index is 11.4. The van der Waals surface area contributed by atoms with Crippen LogP contribution in [0.5, 0.6) is 0 Å². The lowest BCUT2D eigenvalue weighted by Gasteiger charge is -2.41. The van der Waals surface area contributed by atoms with Crippen LogP contribution in [0.1, 0.15) is 46.0 Å². The topological polar surface area (TPSA) is 66.8 Å². The first-order valence-electron chi connectivity index (χ1n) is 8.89. The number of cyclic esters (lactones) is 1.